The summed E-state index contributed by atoms with van der Waals surface area (Å²) in [6, 6.07) is 8.15. The van der Waals surface area contributed by atoms with Gasteiger partial charge in [-0.3, -0.25) is 9.59 Å². The van der Waals surface area contributed by atoms with E-state index in [-0.39, 0.29) is 24.2 Å². The average Bonchev–Trinajstić information content (AvgIpc) is 3.28. The Morgan fingerprint density at radius 2 is 2.08 bits per heavy atom. The van der Waals surface area contributed by atoms with E-state index in [0.29, 0.717) is 6.54 Å². The third-order valence-electron chi connectivity index (χ3n) is 5.46. The minimum Gasteiger partial charge on any atom is -0.458 e. The zero-order chi connectivity index (χ0) is 16.6. The first-order valence-electron chi connectivity index (χ1n) is 8.72. The highest BCUT2D eigenvalue weighted by molar-refractivity contribution is 5.88. The molecule has 1 saturated heterocycles. The van der Waals surface area contributed by atoms with Gasteiger partial charge in [0.2, 0.25) is 5.91 Å². The van der Waals surface area contributed by atoms with Gasteiger partial charge in [-0.25, -0.2) is 0 Å². The van der Waals surface area contributed by atoms with Crippen LogP contribution in [0.25, 0.3) is 10.9 Å². The van der Waals surface area contributed by atoms with Crippen molar-refractivity contribution >= 4 is 22.8 Å². The normalized spacial score (nSPS) is 22.2. The van der Waals surface area contributed by atoms with Crippen LogP contribution in [0.4, 0.5) is 0 Å². The fraction of sp³-hybridized carbons (Fsp3) is 0.474. The summed E-state index contributed by atoms with van der Waals surface area (Å²) in [6.07, 6.45) is 6.69. The van der Waals surface area contributed by atoms with E-state index >= 15 is 0 Å². The Hall–Kier alpha value is -2.30. The lowest BCUT2D eigenvalue weighted by Gasteiger charge is -2.27. The van der Waals surface area contributed by atoms with Crippen LogP contribution in [0.1, 0.15) is 37.7 Å². The van der Waals surface area contributed by atoms with Crippen LogP contribution in [0, 0.1) is 5.92 Å². The summed E-state index contributed by atoms with van der Waals surface area (Å²) in [4.78, 5) is 27.6. The van der Waals surface area contributed by atoms with E-state index in [1.54, 1.807) is 0 Å². The summed E-state index contributed by atoms with van der Waals surface area (Å²) in [5.74, 6) is -0.591. The first kappa shape index (κ1) is 15.2. The van der Waals surface area contributed by atoms with E-state index < -0.39 is 5.60 Å². The van der Waals surface area contributed by atoms with Crippen LogP contribution in [-0.2, 0) is 20.7 Å². The molecule has 5 nitrogen and oxygen atoms in total. The van der Waals surface area contributed by atoms with Gasteiger partial charge in [-0.2, -0.15) is 0 Å². The van der Waals surface area contributed by atoms with Crippen molar-refractivity contribution in [1.29, 1.82) is 0 Å². The van der Waals surface area contributed by atoms with Crippen LogP contribution in [0.5, 0.6) is 0 Å². The van der Waals surface area contributed by atoms with Crippen molar-refractivity contribution in [2.24, 2.45) is 5.92 Å². The maximum absolute atomic E-state index is 12.6. The largest absolute Gasteiger partial charge is 0.458 e. The lowest BCUT2D eigenvalue weighted by atomic mass is 9.85. The molecule has 2 aromatic rings. The minimum atomic E-state index is -0.526. The summed E-state index contributed by atoms with van der Waals surface area (Å²) >= 11 is 0. The molecule has 1 saturated carbocycles. The zero-order valence-electron chi connectivity index (χ0n) is 13.6. The monoisotopic (exact) mass is 326 g/mol. The number of nitrogens with one attached hydrogen (secondary N) is 2. The zero-order valence-corrected chi connectivity index (χ0v) is 13.6. The standard InChI is InChI=1S/C19H22N2O3/c22-17-11-15(19(24-17)8-3-4-9-19)18(23)20-10-7-13-12-21-16-6-2-1-5-14(13)16/h1-2,5-6,12,15,21H,3-4,7-11H2,(H,20,23). The first-order valence-corrected chi connectivity index (χ1v) is 8.72. The molecule has 1 amide bonds. The van der Waals surface area contributed by atoms with Crippen molar-refractivity contribution in [3.63, 3.8) is 0 Å². The Morgan fingerprint density at radius 3 is 2.92 bits per heavy atom. The smallest absolute Gasteiger partial charge is 0.307 e. The Balaban J connectivity index is 1.39. The lowest BCUT2D eigenvalue weighted by Crippen LogP contribution is -2.43. The first-order chi connectivity index (χ1) is 11.7. The number of aromatic nitrogens is 1. The molecule has 1 aromatic heterocycles. The summed E-state index contributed by atoms with van der Waals surface area (Å²) in [5.41, 5.74) is 1.78. The van der Waals surface area contributed by atoms with E-state index in [4.69, 9.17) is 4.74 Å². The molecule has 2 fully saturated rings. The molecule has 1 atom stereocenters. The number of H-pyrrole nitrogens is 1. The number of esters is 1. The summed E-state index contributed by atoms with van der Waals surface area (Å²) in [6.45, 7) is 0.571. The van der Waals surface area contributed by atoms with Gasteiger partial charge in [0.1, 0.15) is 5.60 Å². The molecule has 1 aromatic carbocycles. The van der Waals surface area contributed by atoms with Crippen LogP contribution in [0.2, 0.25) is 0 Å². The number of carbonyl (C=O) groups is 2. The third-order valence-corrected chi connectivity index (χ3v) is 5.46. The maximum atomic E-state index is 12.6. The van der Waals surface area contributed by atoms with Crippen LogP contribution < -0.4 is 5.32 Å². The van der Waals surface area contributed by atoms with Gasteiger partial charge in [0.25, 0.3) is 0 Å². The van der Waals surface area contributed by atoms with Gasteiger partial charge in [0.05, 0.1) is 12.3 Å². The number of carbonyl (C=O) groups excluding carboxylic acids is 2. The topological polar surface area (TPSA) is 71.2 Å². The molecule has 1 spiro atoms. The molecule has 5 heteroatoms. The van der Waals surface area contributed by atoms with Crippen molar-refractivity contribution in [3.05, 3.63) is 36.0 Å². The average molecular weight is 326 g/mol. The molecule has 126 valence electrons. The third kappa shape index (κ3) is 2.58. The summed E-state index contributed by atoms with van der Waals surface area (Å²) < 4.78 is 5.55. The van der Waals surface area contributed by atoms with E-state index in [1.165, 1.54) is 10.9 Å². The Kier molecular flexibility index (Phi) is 3.79. The second-order valence-electron chi connectivity index (χ2n) is 6.90. The molecule has 4 rings (SSSR count). The summed E-state index contributed by atoms with van der Waals surface area (Å²) in [7, 11) is 0. The van der Waals surface area contributed by atoms with Crippen molar-refractivity contribution in [2.45, 2.75) is 44.1 Å². The predicted molar refractivity (Wildman–Crippen MR) is 90.4 cm³/mol. The molecule has 2 N–H and O–H groups in total. The number of ether oxygens (including phenoxy) is 1. The quantitative estimate of drug-likeness (QED) is 0.849. The number of amides is 1. The van der Waals surface area contributed by atoms with E-state index in [1.807, 2.05) is 24.4 Å². The Bertz CT molecular complexity index is 774. The maximum Gasteiger partial charge on any atom is 0.307 e. The SMILES string of the molecule is O=C1CC(C(=O)NCCc2c[nH]c3ccccc23)C2(CCCC2)O1. The molecule has 0 radical (unpaired) electrons. The molecule has 1 aliphatic heterocycles. The molecular weight excluding hydrogens is 304 g/mol. The molecule has 0 bridgehead atoms. The van der Waals surface area contributed by atoms with Gasteiger partial charge in [-0.05, 0) is 43.7 Å². The van der Waals surface area contributed by atoms with Crippen LogP contribution in [0.3, 0.4) is 0 Å². The van der Waals surface area contributed by atoms with Gasteiger partial charge in [-0.15, -0.1) is 0 Å². The van der Waals surface area contributed by atoms with Gasteiger partial charge in [-0.1, -0.05) is 18.2 Å². The molecule has 1 aliphatic carbocycles. The number of benzene rings is 1. The predicted octanol–water partition coefficient (Wildman–Crippen LogP) is 2.70. The van der Waals surface area contributed by atoms with Crippen molar-refractivity contribution < 1.29 is 14.3 Å². The number of aromatic amines is 1. The highest BCUT2D eigenvalue weighted by Gasteiger charge is 2.53. The van der Waals surface area contributed by atoms with Gasteiger partial charge < -0.3 is 15.0 Å². The van der Waals surface area contributed by atoms with Crippen molar-refractivity contribution in [1.82, 2.24) is 10.3 Å². The number of fused-ring (bicyclic) bond motifs is 1. The highest BCUT2D eigenvalue weighted by atomic mass is 16.6. The lowest BCUT2D eigenvalue weighted by molar-refractivity contribution is -0.149. The minimum absolute atomic E-state index is 0.0393. The van der Waals surface area contributed by atoms with Crippen LogP contribution >= 0.6 is 0 Å². The molecule has 2 aliphatic rings. The van der Waals surface area contributed by atoms with E-state index in [9.17, 15) is 9.59 Å². The summed E-state index contributed by atoms with van der Waals surface area (Å²) in [5, 5.41) is 4.21. The van der Waals surface area contributed by atoms with Crippen molar-refractivity contribution in [2.75, 3.05) is 6.54 Å². The fourth-order valence-electron chi connectivity index (χ4n) is 4.23. The van der Waals surface area contributed by atoms with Crippen molar-refractivity contribution in [3.8, 4) is 0 Å². The highest BCUT2D eigenvalue weighted by Crippen LogP contribution is 2.45. The second-order valence-corrected chi connectivity index (χ2v) is 6.90. The van der Waals surface area contributed by atoms with E-state index in [0.717, 1.165) is 37.6 Å². The second kappa shape index (κ2) is 5.96. The molecule has 1 unspecified atom stereocenters. The number of para-hydroxylation sites is 1. The number of hydrogen-bond acceptors (Lipinski definition) is 3. The Morgan fingerprint density at radius 1 is 1.29 bits per heavy atom. The van der Waals surface area contributed by atoms with Gasteiger partial charge in [0, 0.05) is 23.6 Å². The molecule has 24 heavy (non-hydrogen) atoms. The van der Waals surface area contributed by atoms with Crippen LogP contribution in [-0.4, -0.2) is 29.0 Å². The fourth-order valence-corrected chi connectivity index (χ4v) is 4.23. The Labute approximate surface area is 140 Å². The van der Waals surface area contributed by atoms with Gasteiger partial charge >= 0.3 is 5.97 Å². The molecular formula is C19H22N2O3. The van der Waals surface area contributed by atoms with E-state index in [2.05, 4.69) is 16.4 Å². The number of hydrogen-bond donors (Lipinski definition) is 2. The number of rotatable bonds is 4. The molecule has 2 heterocycles. The van der Waals surface area contributed by atoms with Gasteiger partial charge in [0.15, 0.2) is 0 Å². The van der Waals surface area contributed by atoms with Crippen LogP contribution in [0.15, 0.2) is 30.5 Å².